The molecule has 0 bridgehead atoms. The molecule has 0 saturated carbocycles. The molecule has 1 N–H and O–H groups in total. The van der Waals surface area contributed by atoms with Gasteiger partial charge in [-0.15, -0.1) is 11.8 Å². The second-order valence-electron chi connectivity index (χ2n) is 4.93. The highest BCUT2D eigenvalue weighted by Gasteiger charge is 2.01. The number of carbonyl (C=O) groups is 1. The van der Waals surface area contributed by atoms with Crippen molar-refractivity contribution < 1.29 is 9.53 Å². The Labute approximate surface area is 155 Å². The molecule has 0 unspecified atom stereocenters. The van der Waals surface area contributed by atoms with Crippen molar-refractivity contribution in [1.29, 1.82) is 5.26 Å². The van der Waals surface area contributed by atoms with E-state index in [0.29, 0.717) is 22.3 Å². The van der Waals surface area contributed by atoms with Crippen molar-refractivity contribution in [2.24, 2.45) is 5.10 Å². The molecule has 1 amide bonds. The highest BCUT2D eigenvalue weighted by molar-refractivity contribution is 7.99. The molecule has 0 atom stereocenters. The number of ether oxygens (including phenoxy) is 1. The van der Waals surface area contributed by atoms with Crippen LogP contribution in [0.2, 0.25) is 5.02 Å². The lowest BCUT2D eigenvalue weighted by atomic mass is 10.2. The van der Waals surface area contributed by atoms with Crippen molar-refractivity contribution in [3.63, 3.8) is 0 Å². The van der Waals surface area contributed by atoms with E-state index in [2.05, 4.69) is 10.5 Å². The summed E-state index contributed by atoms with van der Waals surface area (Å²) in [6, 6.07) is 16.5. The minimum Gasteiger partial charge on any atom is -0.479 e. The summed E-state index contributed by atoms with van der Waals surface area (Å²) in [6.07, 6.45) is 1.55. The summed E-state index contributed by atoms with van der Waals surface area (Å²) >= 11 is 7.41. The molecule has 0 spiro atoms. The standard InChI is InChI=1S/C18H16ClN3O2S/c19-16-3-1-2-15(10-16)12-25-13-18(23)22-21-11-14-4-6-17(7-5-14)24-9-8-20/h1-7,10-11H,9,12-13H2,(H,22,23). The molecule has 0 fully saturated rings. The fourth-order valence-corrected chi connectivity index (χ4v) is 2.85. The van der Waals surface area contributed by atoms with Crippen LogP contribution in [0.25, 0.3) is 0 Å². The van der Waals surface area contributed by atoms with Gasteiger partial charge in [-0.3, -0.25) is 4.79 Å². The Hall–Kier alpha value is -2.49. The minimum absolute atomic E-state index is 0.0103. The SMILES string of the molecule is N#CCOc1ccc(C=NNC(=O)CSCc2cccc(Cl)c2)cc1. The Morgan fingerprint density at radius 3 is 2.84 bits per heavy atom. The molecule has 0 aliphatic rings. The zero-order chi connectivity index (χ0) is 17.9. The van der Waals surface area contributed by atoms with Gasteiger partial charge in [0.15, 0.2) is 6.61 Å². The monoisotopic (exact) mass is 373 g/mol. The van der Waals surface area contributed by atoms with E-state index in [-0.39, 0.29) is 12.5 Å². The Balaban J connectivity index is 1.70. The zero-order valence-corrected chi connectivity index (χ0v) is 14.9. The molecule has 7 heteroatoms. The second kappa shape index (κ2) is 10.4. The van der Waals surface area contributed by atoms with Gasteiger partial charge in [-0.25, -0.2) is 5.43 Å². The average Bonchev–Trinajstić information content (AvgIpc) is 2.61. The van der Waals surface area contributed by atoms with Gasteiger partial charge in [-0.2, -0.15) is 10.4 Å². The Morgan fingerprint density at radius 1 is 1.32 bits per heavy atom. The van der Waals surface area contributed by atoms with E-state index in [9.17, 15) is 4.79 Å². The number of rotatable bonds is 8. The van der Waals surface area contributed by atoms with E-state index in [1.165, 1.54) is 11.8 Å². The average molecular weight is 374 g/mol. The van der Waals surface area contributed by atoms with E-state index < -0.39 is 0 Å². The van der Waals surface area contributed by atoms with Crippen LogP contribution in [0.1, 0.15) is 11.1 Å². The number of benzene rings is 2. The molecule has 5 nitrogen and oxygen atoms in total. The molecule has 0 saturated heterocycles. The van der Waals surface area contributed by atoms with Crippen LogP contribution < -0.4 is 10.2 Å². The number of hydrogen-bond acceptors (Lipinski definition) is 5. The summed E-state index contributed by atoms with van der Waals surface area (Å²) < 4.78 is 5.15. The summed E-state index contributed by atoms with van der Waals surface area (Å²) in [4.78, 5) is 11.7. The number of nitriles is 1. The van der Waals surface area contributed by atoms with Gasteiger partial charge >= 0.3 is 0 Å². The zero-order valence-electron chi connectivity index (χ0n) is 13.3. The van der Waals surface area contributed by atoms with E-state index in [1.54, 1.807) is 30.5 Å². The van der Waals surface area contributed by atoms with Crippen LogP contribution in [0, 0.1) is 11.3 Å². The van der Waals surface area contributed by atoms with E-state index in [4.69, 9.17) is 21.6 Å². The first-order chi connectivity index (χ1) is 12.2. The number of nitrogens with one attached hydrogen (secondary N) is 1. The van der Waals surface area contributed by atoms with Gasteiger partial charge < -0.3 is 4.74 Å². The van der Waals surface area contributed by atoms with E-state index >= 15 is 0 Å². The van der Waals surface area contributed by atoms with Crippen LogP contribution in [0.15, 0.2) is 53.6 Å². The van der Waals surface area contributed by atoms with Crippen LogP contribution in [0.3, 0.4) is 0 Å². The van der Waals surface area contributed by atoms with Gasteiger partial charge in [-0.05, 0) is 47.5 Å². The molecular weight excluding hydrogens is 358 g/mol. The van der Waals surface area contributed by atoms with Crippen LogP contribution in [-0.2, 0) is 10.5 Å². The first kappa shape index (κ1) is 18.8. The fraction of sp³-hybridized carbons (Fsp3) is 0.167. The first-order valence-corrected chi connectivity index (χ1v) is 8.94. The molecule has 0 aliphatic heterocycles. The molecule has 2 rings (SSSR count). The van der Waals surface area contributed by atoms with Crippen molar-refractivity contribution in [1.82, 2.24) is 5.43 Å². The van der Waals surface area contributed by atoms with Gasteiger partial charge in [0.05, 0.1) is 12.0 Å². The molecule has 128 valence electrons. The molecule has 2 aromatic carbocycles. The van der Waals surface area contributed by atoms with Crippen molar-refractivity contribution in [3.05, 3.63) is 64.7 Å². The van der Waals surface area contributed by atoms with E-state index in [0.717, 1.165) is 11.1 Å². The molecule has 0 radical (unpaired) electrons. The van der Waals surface area contributed by atoms with Crippen molar-refractivity contribution in [2.75, 3.05) is 12.4 Å². The molecule has 0 heterocycles. The molecule has 0 aromatic heterocycles. The quantitative estimate of drug-likeness (QED) is 0.566. The van der Waals surface area contributed by atoms with Crippen LogP contribution in [-0.4, -0.2) is 24.5 Å². The summed E-state index contributed by atoms with van der Waals surface area (Å²) in [7, 11) is 0. The van der Waals surface area contributed by atoms with Gasteiger partial charge in [0.25, 0.3) is 0 Å². The summed E-state index contributed by atoms with van der Waals surface area (Å²) in [5.41, 5.74) is 4.38. The lowest BCUT2D eigenvalue weighted by Crippen LogP contribution is -2.19. The maximum atomic E-state index is 11.7. The number of hydrogen-bond donors (Lipinski definition) is 1. The largest absolute Gasteiger partial charge is 0.479 e. The highest BCUT2D eigenvalue weighted by Crippen LogP contribution is 2.16. The van der Waals surface area contributed by atoms with Gasteiger partial charge in [-0.1, -0.05) is 23.7 Å². The van der Waals surface area contributed by atoms with Crippen molar-refractivity contribution >= 4 is 35.5 Å². The second-order valence-corrected chi connectivity index (χ2v) is 6.35. The fourth-order valence-electron chi connectivity index (χ4n) is 1.87. The minimum atomic E-state index is -0.169. The number of amides is 1. The normalized spacial score (nSPS) is 10.4. The van der Waals surface area contributed by atoms with Gasteiger partial charge in [0.1, 0.15) is 11.8 Å². The Kier molecular flexibility index (Phi) is 7.83. The Bertz CT molecular complexity index is 773. The van der Waals surface area contributed by atoms with Crippen molar-refractivity contribution in [3.8, 4) is 11.8 Å². The van der Waals surface area contributed by atoms with E-state index in [1.807, 2.05) is 30.3 Å². The number of halogens is 1. The summed E-state index contributed by atoms with van der Waals surface area (Å²) in [6.45, 7) is 0.0103. The lowest BCUT2D eigenvalue weighted by Gasteiger charge is -2.02. The maximum Gasteiger partial charge on any atom is 0.250 e. The number of hydrazone groups is 1. The molecule has 0 aliphatic carbocycles. The predicted molar refractivity (Wildman–Crippen MR) is 101 cm³/mol. The smallest absolute Gasteiger partial charge is 0.250 e. The summed E-state index contributed by atoms with van der Waals surface area (Å²) in [5, 5.41) is 13.1. The molecular formula is C18H16ClN3O2S. The Morgan fingerprint density at radius 2 is 2.12 bits per heavy atom. The predicted octanol–water partition coefficient (Wildman–Crippen LogP) is 3.63. The number of carbonyl (C=O) groups excluding carboxylic acids is 1. The first-order valence-electron chi connectivity index (χ1n) is 7.41. The van der Waals surface area contributed by atoms with Crippen molar-refractivity contribution in [2.45, 2.75) is 5.75 Å². The lowest BCUT2D eigenvalue weighted by molar-refractivity contribution is -0.118. The van der Waals surface area contributed by atoms with Crippen LogP contribution in [0.4, 0.5) is 0 Å². The highest BCUT2D eigenvalue weighted by atomic mass is 35.5. The topological polar surface area (TPSA) is 74.5 Å². The van der Waals surface area contributed by atoms with Gasteiger partial charge in [0, 0.05) is 10.8 Å². The van der Waals surface area contributed by atoms with Crippen LogP contribution >= 0.6 is 23.4 Å². The summed E-state index contributed by atoms with van der Waals surface area (Å²) in [5.74, 6) is 1.46. The maximum absolute atomic E-state index is 11.7. The third kappa shape index (κ3) is 7.29. The van der Waals surface area contributed by atoms with Gasteiger partial charge in [0.2, 0.25) is 5.91 Å². The third-order valence-electron chi connectivity index (χ3n) is 2.98. The number of thioether (sulfide) groups is 1. The third-order valence-corrected chi connectivity index (χ3v) is 4.22. The number of nitrogens with zero attached hydrogens (tertiary/aromatic N) is 2. The molecule has 25 heavy (non-hydrogen) atoms. The molecule has 2 aromatic rings. The van der Waals surface area contributed by atoms with Crippen LogP contribution in [0.5, 0.6) is 5.75 Å².